The quantitative estimate of drug-likeness (QED) is 0.847. The van der Waals surface area contributed by atoms with Crippen LogP contribution in [0.5, 0.6) is 0 Å². The van der Waals surface area contributed by atoms with E-state index in [0.717, 1.165) is 4.68 Å². The summed E-state index contributed by atoms with van der Waals surface area (Å²) < 4.78 is 27.8. The number of aromatic nitrogens is 3. The van der Waals surface area contributed by atoms with Gasteiger partial charge in [0.2, 0.25) is 0 Å². The molecule has 0 fully saturated rings. The van der Waals surface area contributed by atoms with E-state index in [4.69, 9.17) is 5.73 Å². The van der Waals surface area contributed by atoms with Crippen LogP contribution in [0.3, 0.4) is 0 Å². The number of rotatable bonds is 3. The Hall–Kier alpha value is -1.82. The molecule has 0 aliphatic carbocycles. The molecule has 0 unspecified atom stereocenters. The number of nitrogens with two attached hydrogens (primary N) is 1. The van der Waals surface area contributed by atoms with Gasteiger partial charge in [0.15, 0.2) is 11.6 Å². The van der Waals surface area contributed by atoms with Crippen molar-refractivity contribution >= 4 is 0 Å². The molecule has 1 aromatic carbocycles. The first-order valence-corrected chi connectivity index (χ1v) is 4.78. The van der Waals surface area contributed by atoms with Gasteiger partial charge >= 0.3 is 0 Å². The third-order valence-electron chi connectivity index (χ3n) is 2.11. The molecule has 6 heteroatoms. The Morgan fingerprint density at radius 2 is 1.94 bits per heavy atom. The summed E-state index contributed by atoms with van der Waals surface area (Å²) in [5.74, 6) is -1.35. The molecule has 2 rings (SSSR count). The Labute approximate surface area is 90.7 Å². The first kappa shape index (κ1) is 10.7. The fourth-order valence-electron chi connectivity index (χ4n) is 1.38. The number of nitrogens with zero attached hydrogens (tertiary/aromatic N) is 3. The summed E-state index contributed by atoms with van der Waals surface area (Å²) in [7, 11) is 0. The van der Waals surface area contributed by atoms with Gasteiger partial charge < -0.3 is 5.73 Å². The zero-order valence-corrected chi connectivity index (χ0v) is 8.40. The molecule has 2 N–H and O–H groups in total. The van der Waals surface area contributed by atoms with E-state index in [1.54, 1.807) is 0 Å². The van der Waals surface area contributed by atoms with Crippen LogP contribution in [-0.4, -0.2) is 21.5 Å². The largest absolute Gasteiger partial charge is 0.330 e. The molecule has 0 atom stereocenters. The number of benzene rings is 1. The highest BCUT2D eigenvalue weighted by Gasteiger charge is 2.12. The lowest BCUT2D eigenvalue weighted by atomic mass is 10.3. The van der Waals surface area contributed by atoms with Gasteiger partial charge in [-0.05, 0) is 18.7 Å². The van der Waals surface area contributed by atoms with Crippen molar-refractivity contribution in [2.45, 2.75) is 6.42 Å². The van der Waals surface area contributed by atoms with E-state index >= 15 is 0 Å². The maximum Gasteiger partial charge on any atom is 0.151 e. The SMILES string of the molecule is NCCc1cn(-c2c(F)cccc2F)nn1. The van der Waals surface area contributed by atoms with E-state index in [1.807, 2.05) is 0 Å². The van der Waals surface area contributed by atoms with Crippen LogP contribution in [0.4, 0.5) is 8.78 Å². The van der Waals surface area contributed by atoms with Gasteiger partial charge in [0.25, 0.3) is 0 Å². The Morgan fingerprint density at radius 3 is 2.56 bits per heavy atom. The van der Waals surface area contributed by atoms with Crippen molar-refractivity contribution in [2.75, 3.05) is 6.54 Å². The van der Waals surface area contributed by atoms with Gasteiger partial charge in [0.05, 0.1) is 11.9 Å². The maximum absolute atomic E-state index is 13.4. The van der Waals surface area contributed by atoms with Gasteiger partial charge in [-0.15, -0.1) is 5.10 Å². The van der Waals surface area contributed by atoms with Crippen LogP contribution in [0, 0.1) is 11.6 Å². The van der Waals surface area contributed by atoms with Crippen LogP contribution in [0.2, 0.25) is 0 Å². The van der Waals surface area contributed by atoms with Crippen LogP contribution in [0.25, 0.3) is 5.69 Å². The number of hydrogen-bond acceptors (Lipinski definition) is 3. The summed E-state index contributed by atoms with van der Waals surface area (Å²) >= 11 is 0. The molecular formula is C10H10F2N4. The molecule has 16 heavy (non-hydrogen) atoms. The highest BCUT2D eigenvalue weighted by atomic mass is 19.1. The van der Waals surface area contributed by atoms with Crippen molar-refractivity contribution in [2.24, 2.45) is 5.73 Å². The number of para-hydroxylation sites is 1. The fraction of sp³-hybridized carbons (Fsp3) is 0.200. The Kier molecular flexibility index (Phi) is 2.91. The first-order valence-electron chi connectivity index (χ1n) is 4.78. The van der Waals surface area contributed by atoms with Crippen molar-refractivity contribution in [3.8, 4) is 5.69 Å². The average molecular weight is 224 g/mol. The van der Waals surface area contributed by atoms with Crippen molar-refractivity contribution in [1.82, 2.24) is 15.0 Å². The van der Waals surface area contributed by atoms with Gasteiger partial charge in [-0.3, -0.25) is 0 Å². The second-order valence-electron chi connectivity index (χ2n) is 3.26. The van der Waals surface area contributed by atoms with E-state index in [9.17, 15) is 8.78 Å². The summed E-state index contributed by atoms with van der Waals surface area (Å²) in [4.78, 5) is 0. The monoisotopic (exact) mass is 224 g/mol. The molecule has 0 bridgehead atoms. The zero-order valence-electron chi connectivity index (χ0n) is 8.40. The molecule has 0 saturated heterocycles. The molecule has 2 aromatic rings. The Bertz CT molecular complexity index is 475. The van der Waals surface area contributed by atoms with Crippen LogP contribution in [0.1, 0.15) is 5.69 Å². The molecule has 0 spiro atoms. The molecular weight excluding hydrogens is 214 g/mol. The summed E-state index contributed by atoms with van der Waals surface area (Å²) in [6.45, 7) is 0.415. The predicted molar refractivity (Wildman–Crippen MR) is 54.0 cm³/mol. The Morgan fingerprint density at radius 1 is 1.25 bits per heavy atom. The standard InChI is InChI=1S/C10H10F2N4/c11-8-2-1-3-9(12)10(8)16-6-7(4-5-13)14-15-16/h1-3,6H,4-5,13H2. The molecule has 1 aromatic heterocycles. The lowest BCUT2D eigenvalue weighted by Gasteiger charge is -2.02. The van der Waals surface area contributed by atoms with Crippen molar-refractivity contribution in [3.05, 3.63) is 41.7 Å². The fourth-order valence-corrected chi connectivity index (χ4v) is 1.38. The van der Waals surface area contributed by atoms with Crippen LogP contribution >= 0.6 is 0 Å². The summed E-state index contributed by atoms with van der Waals surface area (Å²) in [6.07, 6.45) is 1.99. The van der Waals surface area contributed by atoms with E-state index < -0.39 is 11.6 Å². The first-order chi connectivity index (χ1) is 7.72. The lowest BCUT2D eigenvalue weighted by Crippen LogP contribution is -2.03. The second kappa shape index (κ2) is 4.36. The van der Waals surface area contributed by atoms with E-state index in [0.29, 0.717) is 18.7 Å². The smallest absolute Gasteiger partial charge is 0.151 e. The molecule has 84 valence electrons. The van der Waals surface area contributed by atoms with Gasteiger partial charge in [-0.2, -0.15) is 0 Å². The van der Waals surface area contributed by atoms with Crippen LogP contribution in [0.15, 0.2) is 24.4 Å². The van der Waals surface area contributed by atoms with E-state index in [2.05, 4.69) is 10.3 Å². The zero-order chi connectivity index (χ0) is 11.5. The number of hydrogen-bond donors (Lipinski definition) is 1. The highest BCUT2D eigenvalue weighted by molar-refractivity contribution is 5.34. The average Bonchev–Trinajstić information content (AvgIpc) is 2.67. The summed E-state index contributed by atoms with van der Waals surface area (Å²) in [5.41, 5.74) is 5.72. The van der Waals surface area contributed by atoms with Crippen LogP contribution < -0.4 is 5.73 Å². The highest BCUT2D eigenvalue weighted by Crippen LogP contribution is 2.16. The second-order valence-corrected chi connectivity index (χ2v) is 3.26. The van der Waals surface area contributed by atoms with Gasteiger partial charge in [-0.1, -0.05) is 11.3 Å². The molecule has 0 radical (unpaired) electrons. The molecule has 0 saturated carbocycles. The van der Waals surface area contributed by atoms with Gasteiger partial charge in [0, 0.05) is 6.42 Å². The van der Waals surface area contributed by atoms with Crippen molar-refractivity contribution < 1.29 is 8.78 Å². The van der Waals surface area contributed by atoms with E-state index in [1.165, 1.54) is 24.4 Å². The van der Waals surface area contributed by atoms with Crippen LogP contribution in [-0.2, 0) is 6.42 Å². The Balaban J connectivity index is 2.42. The predicted octanol–water partition coefficient (Wildman–Crippen LogP) is 1.05. The third-order valence-corrected chi connectivity index (χ3v) is 2.11. The van der Waals surface area contributed by atoms with Crippen molar-refractivity contribution in [1.29, 1.82) is 0 Å². The molecule has 0 amide bonds. The van der Waals surface area contributed by atoms with E-state index in [-0.39, 0.29) is 5.69 Å². The summed E-state index contributed by atoms with van der Waals surface area (Å²) in [6, 6.07) is 3.64. The molecule has 4 nitrogen and oxygen atoms in total. The maximum atomic E-state index is 13.4. The number of halogens is 2. The minimum absolute atomic E-state index is 0.224. The normalized spacial score (nSPS) is 10.7. The minimum Gasteiger partial charge on any atom is -0.330 e. The topological polar surface area (TPSA) is 56.7 Å². The van der Waals surface area contributed by atoms with Gasteiger partial charge in [-0.25, -0.2) is 13.5 Å². The third kappa shape index (κ3) is 1.92. The minimum atomic E-state index is -0.677. The molecule has 0 aliphatic rings. The lowest BCUT2D eigenvalue weighted by molar-refractivity contribution is 0.556. The molecule has 1 heterocycles. The van der Waals surface area contributed by atoms with Crippen molar-refractivity contribution in [3.63, 3.8) is 0 Å². The van der Waals surface area contributed by atoms with Gasteiger partial charge in [0.1, 0.15) is 5.69 Å². The molecule has 0 aliphatic heterocycles. The summed E-state index contributed by atoms with van der Waals surface area (Å²) in [5, 5.41) is 7.42.